The molecule has 0 aliphatic carbocycles. The molecule has 21 heavy (non-hydrogen) atoms. The highest BCUT2D eigenvalue weighted by Gasteiger charge is 2.19. The lowest BCUT2D eigenvalue weighted by molar-refractivity contribution is 0.0928. The van der Waals surface area contributed by atoms with E-state index in [2.05, 4.69) is 19.2 Å². The molecule has 1 aromatic heterocycles. The van der Waals surface area contributed by atoms with Crippen LogP contribution in [-0.4, -0.2) is 24.9 Å². The Morgan fingerprint density at radius 2 is 1.95 bits per heavy atom. The molecule has 0 saturated heterocycles. The molecule has 1 rings (SSSR count). The van der Waals surface area contributed by atoms with E-state index in [1.54, 1.807) is 4.57 Å². The van der Waals surface area contributed by atoms with Gasteiger partial charge in [-0.2, -0.15) is 0 Å². The first-order valence-electron chi connectivity index (χ1n) is 7.19. The van der Waals surface area contributed by atoms with E-state index in [1.165, 1.54) is 12.3 Å². The zero-order chi connectivity index (χ0) is 16.2. The number of amides is 1. The van der Waals surface area contributed by atoms with Gasteiger partial charge in [-0.3, -0.25) is 4.79 Å². The van der Waals surface area contributed by atoms with Crippen molar-refractivity contribution in [2.45, 2.75) is 58.0 Å². The summed E-state index contributed by atoms with van der Waals surface area (Å²) in [4.78, 5) is 12.2. The Morgan fingerprint density at radius 3 is 2.43 bits per heavy atom. The predicted octanol–water partition coefficient (Wildman–Crippen LogP) is 1.71. The number of carbonyl (C=O) groups is 1. The van der Waals surface area contributed by atoms with E-state index in [0.717, 1.165) is 12.8 Å². The number of nitrogens with two attached hydrogens (primary N) is 1. The van der Waals surface area contributed by atoms with Gasteiger partial charge in [0.15, 0.2) is 0 Å². The highest BCUT2D eigenvalue weighted by molar-refractivity contribution is 7.89. The maximum atomic E-state index is 12.3. The lowest BCUT2D eigenvalue weighted by atomic mass is 10.0. The second-order valence-electron chi connectivity index (χ2n) is 5.74. The van der Waals surface area contributed by atoms with Crippen molar-refractivity contribution in [1.29, 1.82) is 0 Å². The zero-order valence-electron chi connectivity index (χ0n) is 13.1. The van der Waals surface area contributed by atoms with Gasteiger partial charge < -0.3 is 9.88 Å². The fourth-order valence-electron chi connectivity index (χ4n) is 2.04. The second kappa shape index (κ2) is 7.09. The summed E-state index contributed by atoms with van der Waals surface area (Å²) in [6, 6.07) is 1.36. The van der Waals surface area contributed by atoms with Crippen molar-refractivity contribution in [3.63, 3.8) is 0 Å². The Hall–Kier alpha value is -1.34. The summed E-state index contributed by atoms with van der Waals surface area (Å²) in [5.41, 5.74) is 0.318. The van der Waals surface area contributed by atoms with Crippen molar-refractivity contribution in [3.05, 3.63) is 18.0 Å². The van der Waals surface area contributed by atoms with Gasteiger partial charge in [-0.15, -0.1) is 0 Å². The third-order valence-electron chi connectivity index (χ3n) is 3.33. The van der Waals surface area contributed by atoms with Gasteiger partial charge >= 0.3 is 0 Å². The number of aromatic nitrogens is 1. The van der Waals surface area contributed by atoms with Crippen molar-refractivity contribution < 1.29 is 13.2 Å². The van der Waals surface area contributed by atoms with Crippen LogP contribution in [0, 0.1) is 5.92 Å². The summed E-state index contributed by atoms with van der Waals surface area (Å²) in [5.74, 6) is 0.306. The van der Waals surface area contributed by atoms with E-state index in [1.807, 2.05) is 13.8 Å². The molecular formula is C14H25N3O3S. The quantitative estimate of drug-likeness (QED) is 0.802. The van der Waals surface area contributed by atoms with Crippen LogP contribution in [0.15, 0.2) is 17.2 Å². The molecule has 7 heteroatoms. The fraction of sp³-hybridized carbons (Fsp3) is 0.643. The largest absolute Gasteiger partial charge is 0.348 e. The number of rotatable bonds is 7. The SMILES string of the molecule is CCn1cc(S(N)(=O)=O)cc1C(=O)NC(C)CCC(C)C. The molecule has 6 nitrogen and oxygen atoms in total. The Balaban J connectivity index is 2.85. The van der Waals surface area contributed by atoms with Crippen LogP contribution in [0.25, 0.3) is 0 Å². The Bertz CT molecular complexity index is 591. The molecule has 1 amide bonds. The lowest BCUT2D eigenvalue weighted by Crippen LogP contribution is -2.34. The third kappa shape index (κ3) is 5.17. The van der Waals surface area contributed by atoms with E-state index in [4.69, 9.17) is 5.14 Å². The zero-order valence-corrected chi connectivity index (χ0v) is 13.9. The van der Waals surface area contributed by atoms with Crippen LogP contribution in [0.5, 0.6) is 0 Å². The number of carbonyl (C=O) groups excluding carboxylic acids is 1. The molecule has 0 aromatic carbocycles. The molecule has 1 heterocycles. The van der Waals surface area contributed by atoms with Crippen LogP contribution in [0.2, 0.25) is 0 Å². The number of sulfonamides is 1. The summed E-state index contributed by atoms with van der Waals surface area (Å²) in [5, 5.41) is 8.00. The van der Waals surface area contributed by atoms with E-state index in [0.29, 0.717) is 18.2 Å². The molecule has 0 spiro atoms. The molecule has 0 aliphatic rings. The van der Waals surface area contributed by atoms with Crippen LogP contribution >= 0.6 is 0 Å². The van der Waals surface area contributed by atoms with Crippen molar-refractivity contribution in [2.75, 3.05) is 0 Å². The van der Waals surface area contributed by atoms with Gasteiger partial charge in [0.05, 0.1) is 0 Å². The van der Waals surface area contributed by atoms with Crippen LogP contribution < -0.4 is 10.5 Å². The second-order valence-corrected chi connectivity index (χ2v) is 7.30. The molecule has 0 aliphatic heterocycles. The monoisotopic (exact) mass is 315 g/mol. The molecule has 1 unspecified atom stereocenters. The molecule has 1 aromatic rings. The van der Waals surface area contributed by atoms with E-state index >= 15 is 0 Å². The van der Waals surface area contributed by atoms with E-state index < -0.39 is 10.0 Å². The highest BCUT2D eigenvalue weighted by atomic mass is 32.2. The maximum Gasteiger partial charge on any atom is 0.268 e. The number of nitrogens with one attached hydrogen (secondary N) is 1. The van der Waals surface area contributed by atoms with Gasteiger partial charge in [0.2, 0.25) is 10.0 Å². The Labute approximate surface area is 126 Å². The summed E-state index contributed by atoms with van der Waals surface area (Å²) in [6.07, 6.45) is 3.31. The molecule has 0 bridgehead atoms. The summed E-state index contributed by atoms with van der Waals surface area (Å²) in [6.45, 7) is 8.55. The minimum Gasteiger partial charge on any atom is -0.348 e. The molecule has 0 fully saturated rings. The molecule has 3 N–H and O–H groups in total. The number of aryl methyl sites for hydroxylation is 1. The topological polar surface area (TPSA) is 94.2 Å². The normalized spacial score (nSPS) is 13.4. The van der Waals surface area contributed by atoms with E-state index in [-0.39, 0.29) is 16.8 Å². The Morgan fingerprint density at radius 1 is 1.33 bits per heavy atom. The van der Waals surface area contributed by atoms with Crippen LogP contribution in [0.4, 0.5) is 0 Å². The summed E-state index contributed by atoms with van der Waals surface area (Å²) >= 11 is 0. The van der Waals surface area contributed by atoms with Crippen molar-refractivity contribution in [2.24, 2.45) is 11.1 Å². The fourth-order valence-corrected chi connectivity index (χ4v) is 2.59. The van der Waals surface area contributed by atoms with Crippen molar-refractivity contribution in [3.8, 4) is 0 Å². The van der Waals surface area contributed by atoms with Gasteiger partial charge in [-0.25, -0.2) is 13.6 Å². The number of nitrogens with zero attached hydrogens (tertiary/aromatic N) is 1. The van der Waals surface area contributed by atoms with Crippen molar-refractivity contribution >= 4 is 15.9 Å². The maximum absolute atomic E-state index is 12.3. The minimum absolute atomic E-state index is 0.0377. The minimum atomic E-state index is -3.80. The Kier molecular flexibility index (Phi) is 5.98. The van der Waals surface area contributed by atoms with Gasteiger partial charge in [0, 0.05) is 18.8 Å². The molecule has 0 radical (unpaired) electrons. The number of hydrogen-bond acceptors (Lipinski definition) is 3. The first-order chi connectivity index (χ1) is 9.65. The molecule has 1 atom stereocenters. The summed E-state index contributed by atoms with van der Waals surface area (Å²) in [7, 11) is -3.80. The molecule has 0 saturated carbocycles. The van der Waals surface area contributed by atoms with Gasteiger partial charge in [0.1, 0.15) is 10.6 Å². The first kappa shape index (κ1) is 17.7. The molecular weight excluding hydrogens is 290 g/mol. The van der Waals surface area contributed by atoms with E-state index in [9.17, 15) is 13.2 Å². The average molecular weight is 315 g/mol. The first-order valence-corrected chi connectivity index (χ1v) is 8.73. The van der Waals surface area contributed by atoms with Gasteiger partial charge in [0.25, 0.3) is 5.91 Å². The summed E-state index contributed by atoms with van der Waals surface area (Å²) < 4.78 is 24.3. The smallest absolute Gasteiger partial charge is 0.268 e. The van der Waals surface area contributed by atoms with Crippen LogP contribution in [0.3, 0.4) is 0 Å². The lowest BCUT2D eigenvalue weighted by Gasteiger charge is -2.15. The average Bonchev–Trinajstić information content (AvgIpc) is 2.80. The van der Waals surface area contributed by atoms with Crippen LogP contribution in [0.1, 0.15) is 51.0 Å². The third-order valence-corrected chi connectivity index (χ3v) is 4.21. The van der Waals surface area contributed by atoms with Gasteiger partial charge in [-0.05, 0) is 38.7 Å². The van der Waals surface area contributed by atoms with Crippen molar-refractivity contribution in [1.82, 2.24) is 9.88 Å². The van der Waals surface area contributed by atoms with Crippen LogP contribution in [-0.2, 0) is 16.6 Å². The standard InChI is InChI=1S/C14H25N3O3S/c1-5-17-9-12(21(15,19)20)8-13(17)14(18)16-11(4)7-6-10(2)3/h8-11H,5-7H2,1-4H3,(H,16,18)(H2,15,19,20). The van der Waals surface area contributed by atoms with Gasteiger partial charge in [-0.1, -0.05) is 13.8 Å². The highest BCUT2D eigenvalue weighted by Crippen LogP contribution is 2.14. The molecule has 120 valence electrons. The number of hydrogen-bond donors (Lipinski definition) is 2. The number of primary sulfonamides is 1. The predicted molar refractivity (Wildman–Crippen MR) is 82.5 cm³/mol.